The van der Waals surface area contributed by atoms with E-state index in [1.165, 1.54) is 103 Å². The third-order valence-electron chi connectivity index (χ3n) is 10.1. The van der Waals surface area contributed by atoms with E-state index in [1.54, 1.807) is 0 Å². The smallest absolute Gasteiger partial charge is 0.472 e. The number of carbonyl (C=O) groups excluding carboxylic acids is 1. The molecule has 11 heteroatoms. The first-order valence-electron chi connectivity index (χ1n) is 23.8. The number of esters is 1. The average Bonchev–Trinajstić information content (AvgIpc) is 3.23. The van der Waals surface area contributed by atoms with Gasteiger partial charge in [-0.3, -0.25) is 18.6 Å². The SMILES string of the molecule is CC/C=C\C/C=C\C/C=C\C/C=C\C/C=C\CCCCCC(=O)OC(COCCCCCCCCCCCCCCCCCCCCC)COP(=O)(O)OCC(N)C(=O)O. The summed E-state index contributed by atoms with van der Waals surface area (Å²) in [7, 11) is -4.63. The number of phosphoric ester groups is 1. The minimum absolute atomic E-state index is 0.00347. The van der Waals surface area contributed by atoms with Crippen LogP contribution in [0.3, 0.4) is 0 Å². The molecule has 0 saturated carbocycles. The maximum absolute atomic E-state index is 12.7. The monoisotopic (exact) mass is 866 g/mol. The van der Waals surface area contributed by atoms with Crippen LogP contribution in [0.5, 0.6) is 0 Å². The summed E-state index contributed by atoms with van der Waals surface area (Å²) in [5.41, 5.74) is 5.36. The van der Waals surface area contributed by atoms with Crippen LogP contribution >= 0.6 is 7.82 Å². The molecule has 0 amide bonds. The van der Waals surface area contributed by atoms with E-state index in [9.17, 15) is 19.0 Å². The van der Waals surface area contributed by atoms with Gasteiger partial charge in [-0.25, -0.2) is 4.57 Å². The lowest BCUT2D eigenvalue weighted by Crippen LogP contribution is -2.34. The Morgan fingerprint density at radius 2 is 0.967 bits per heavy atom. The molecule has 3 unspecified atom stereocenters. The zero-order valence-electron chi connectivity index (χ0n) is 38.0. The van der Waals surface area contributed by atoms with Gasteiger partial charge in [0.15, 0.2) is 0 Å². The quantitative estimate of drug-likeness (QED) is 0.0233. The Bertz CT molecular complexity index is 1190. The van der Waals surface area contributed by atoms with Crippen LogP contribution in [-0.4, -0.2) is 60.5 Å². The van der Waals surface area contributed by atoms with Crippen molar-refractivity contribution in [3.8, 4) is 0 Å². The lowest BCUT2D eigenvalue weighted by Gasteiger charge is -2.20. The van der Waals surface area contributed by atoms with Crippen molar-refractivity contribution >= 4 is 19.8 Å². The van der Waals surface area contributed by atoms with E-state index in [0.29, 0.717) is 13.0 Å². The number of nitrogens with two attached hydrogens (primary N) is 1. The molecule has 0 heterocycles. The second-order valence-corrected chi connectivity index (χ2v) is 17.3. The topological polar surface area (TPSA) is 155 Å². The van der Waals surface area contributed by atoms with E-state index < -0.39 is 45.1 Å². The molecule has 0 saturated heterocycles. The summed E-state index contributed by atoms with van der Waals surface area (Å²) in [6.45, 7) is 3.75. The van der Waals surface area contributed by atoms with Crippen LogP contribution in [0.15, 0.2) is 60.8 Å². The molecule has 348 valence electrons. The number of ether oxygens (including phenoxy) is 2. The zero-order chi connectivity index (χ0) is 44.0. The van der Waals surface area contributed by atoms with Crippen LogP contribution in [0.4, 0.5) is 0 Å². The molecule has 0 fully saturated rings. The second kappa shape index (κ2) is 44.7. The average molecular weight is 866 g/mol. The van der Waals surface area contributed by atoms with Gasteiger partial charge in [-0.1, -0.05) is 197 Å². The molecule has 0 bridgehead atoms. The molecule has 0 rings (SSSR count). The molecule has 0 aromatic carbocycles. The molecule has 0 aliphatic heterocycles. The van der Waals surface area contributed by atoms with Crippen molar-refractivity contribution in [2.45, 2.75) is 212 Å². The number of phosphoric acid groups is 1. The summed E-state index contributed by atoms with van der Waals surface area (Å²) in [6, 6.07) is -1.48. The van der Waals surface area contributed by atoms with Crippen LogP contribution in [0.1, 0.15) is 200 Å². The zero-order valence-corrected chi connectivity index (χ0v) is 38.9. The van der Waals surface area contributed by atoms with Crippen molar-refractivity contribution < 1.29 is 42.7 Å². The number of rotatable bonds is 45. The summed E-state index contributed by atoms with van der Waals surface area (Å²) in [6.07, 6.45) is 54.2. The molecule has 0 aromatic rings. The van der Waals surface area contributed by atoms with E-state index >= 15 is 0 Å². The van der Waals surface area contributed by atoms with E-state index in [0.717, 1.165) is 70.6 Å². The Balaban J connectivity index is 4.24. The van der Waals surface area contributed by atoms with Crippen LogP contribution in [0, 0.1) is 0 Å². The fourth-order valence-corrected chi connectivity index (χ4v) is 7.17. The molecule has 10 nitrogen and oxygen atoms in total. The number of unbranched alkanes of at least 4 members (excludes halogenated alkanes) is 21. The summed E-state index contributed by atoms with van der Waals surface area (Å²) in [5.74, 6) is -1.81. The fourth-order valence-electron chi connectivity index (χ4n) is 6.40. The molecule has 0 spiro atoms. The first-order valence-corrected chi connectivity index (χ1v) is 25.3. The molecular formula is C49H88NO9P. The van der Waals surface area contributed by atoms with Gasteiger partial charge in [-0.15, -0.1) is 0 Å². The molecular weight excluding hydrogens is 778 g/mol. The number of aliphatic carboxylic acids is 1. The van der Waals surface area contributed by atoms with Gasteiger partial charge in [0, 0.05) is 13.0 Å². The normalized spacial score (nSPS) is 14.3. The first-order chi connectivity index (χ1) is 29.2. The van der Waals surface area contributed by atoms with Gasteiger partial charge in [0.2, 0.25) is 0 Å². The van der Waals surface area contributed by atoms with Crippen LogP contribution in [-0.2, 0) is 32.7 Å². The Morgan fingerprint density at radius 1 is 0.550 bits per heavy atom. The van der Waals surface area contributed by atoms with Gasteiger partial charge >= 0.3 is 19.8 Å². The largest absolute Gasteiger partial charge is 0.480 e. The molecule has 0 aliphatic rings. The summed E-state index contributed by atoms with van der Waals surface area (Å²) < 4.78 is 33.4. The van der Waals surface area contributed by atoms with Crippen molar-refractivity contribution in [1.82, 2.24) is 0 Å². The lowest BCUT2D eigenvalue weighted by molar-refractivity contribution is -0.154. The summed E-state index contributed by atoms with van der Waals surface area (Å²) in [4.78, 5) is 33.6. The molecule has 60 heavy (non-hydrogen) atoms. The number of hydrogen-bond acceptors (Lipinski definition) is 8. The van der Waals surface area contributed by atoms with Gasteiger partial charge in [0.1, 0.15) is 12.1 Å². The van der Waals surface area contributed by atoms with Crippen molar-refractivity contribution in [3.63, 3.8) is 0 Å². The first kappa shape index (κ1) is 57.7. The van der Waals surface area contributed by atoms with Gasteiger partial charge in [0.25, 0.3) is 0 Å². The van der Waals surface area contributed by atoms with Crippen LogP contribution < -0.4 is 5.73 Å². The maximum atomic E-state index is 12.7. The minimum Gasteiger partial charge on any atom is -0.480 e. The number of carbonyl (C=O) groups is 2. The van der Waals surface area contributed by atoms with Crippen molar-refractivity contribution in [3.05, 3.63) is 60.8 Å². The summed E-state index contributed by atoms with van der Waals surface area (Å²) in [5, 5.41) is 8.91. The molecule has 4 N–H and O–H groups in total. The van der Waals surface area contributed by atoms with Gasteiger partial charge in [-0.2, -0.15) is 0 Å². The number of allylic oxidation sites excluding steroid dienone is 10. The number of carboxylic acids is 1. The summed E-state index contributed by atoms with van der Waals surface area (Å²) >= 11 is 0. The molecule has 0 aliphatic carbocycles. The predicted octanol–water partition coefficient (Wildman–Crippen LogP) is 13.6. The van der Waals surface area contributed by atoms with E-state index in [4.69, 9.17) is 29.4 Å². The van der Waals surface area contributed by atoms with Crippen LogP contribution in [0.25, 0.3) is 0 Å². The van der Waals surface area contributed by atoms with Crippen molar-refractivity contribution in [2.24, 2.45) is 5.73 Å². The standard InChI is InChI=1S/C49H88NO9P/c1-3-5-7-9-11-13-15-17-19-21-23-25-27-29-31-33-35-37-39-41-48(51)59-46(44-57-60(54,55)58-45-47(50)49(52)53)43-56-42-40-38-36-34-32-30-28-26-24-22-20-18-16-14-12-10-8-6-4-2/h5,7,11,13,17,19,23,25,29,31,46-47H,3-4,6,8-10,12,14-16,18,20-22,24,26-28,30,32-45,50H2,1-2H3,(H,52,53)(H,54,55)/b7-5-,13-11-,19-17-,25-23-,31-29-. The van der Waals surface area contributed by atoms with E-state index in [-0.39, 0.29) is 13.0 Å². The van der Waals surface area contributed by atoms with Gasteiger partial charge < -0.3 is 25.2 Å². The Hall–Kier alpha value is -2.33. The van der Waals surface area contributed by atoms with Gasteiger partial charge in [0.05, 0.1) is 19.8 Å². The number of hydrogen-bond donors (Lipinski definition) is 3. The third-order valence-corrected chi connectivity index (χ3v) is 11.0. The highest BCUT2D eigenvalue weighted by molar-refractivity contribution is 7.47. The Labute approximate surface area is 366 Å². The Morgan fingerprint density at radius 3 is 1.43 bits per heavy atom. The predicted molar refractivity (Wildman–Crippen MR) is 249 cm³/mol. The number of carboxylic acid groups (broad SMARTS) is 1. The maximum Gasteiger partial charge on any atom is 0.472 e. The minimum atomic E-state index is -4.63. The molecule has 0 aromatic heterocycles. The highest BCUT2D eigenvalue weighted by Crippen LogP contribution is 2.43. The van der Waals surface area contributed by atoms with Gasteiger partial charge in [-0.05, 0) is 57.8 Å². The lowest BCUT2D eigenvalue weighted by atomic mass is 10.0. The van der Waals surface area contributed by atoms with Crippen molar-refractivity contribution in [1.29, 1.82) is 0 Å². The second-order valence-electron chi connectivity index (χ2n) is 15.9. The highest BCUT2D eigenvalue weighted by atomic mass is 31.2. The molecule has 0 radical (unpaired) electrons. The van der Waals surface area contributed by atoms with E-state index in [1.807, 2.05) is 0 Å². The van der Waals surface area contributed by atoms with E-state index in [2.05, 4.69) is 74.6 Å². The fraction of sp³-hybridized carbons (Fsp3) is 0.755. The Kier molecular flexibility index (Phi) is 43.0. The van der Waals surface area contributed by atoms with Crippen molar-refractivity contribution in [2.75, 3.05) is 26.4 Å². The van der Waals surface area contributed by atoms with Crippen LogP contribution in [0.2, 0.25) is 0 Å². The third kappa shape index (κ3) is 43.7. The highest BCUT2D eigenvalue weighted by Gasteiger charge is 2.27. The molecule has 3 atom stereocenters.